The number of hydrogen-bond donors (Lipinski definition) is 1. The van der Waals surface area contributed by atoms with E-state index in [-0.39, 0.29) is 22.6 Å². The van der Waals surface area contributed by atoms with Gasteiger partial charge in [-0.1, -0.05) is 0 Å². The highest BCUT2D eigenvalue weighted by molar-refractivity contribution is 7.90. The lowest BCUT2D eigenvalue weighted by molar-refractivity contribution is 0.0845. The highest BCUT2D eigenvalue weighted by Crippen LogP contribution is 2.32. The summed E-state index contributed by atoms with van der Waals surface area (Å²) in [7, 11) is -3.97. The van der Waals surface area contributed by atoms with E-state index in [1.807, 2.05) is 17.6 Å². The third kappa shape index (κ3) is 3.59. The average molecular weight is 439 g/mol. The molecule has 0 saturated heterocycles. The normalized spacial score (nSPS) is 14.7. The second-order valence-electron chi connectivity index (χ2n) is 7.46. The third-order valence-corrected chi connectivity index (χ3v) is 7.01. The Hall–Kier alpha value is -3.53. The van der Waals surface area contributed by atoms with Crippen molar-refractivity contribution in [1.29, 1.82) is 0 Å². The first-order valence-electron chi connectivity index (χ1n) is 9.66. The van der Waals surface area contributed by atoms with E-state index in [1.165, 1.54) is 18.2 Å². The maximum Gasteiger partial charge on any atom is 0.269 e. The van der Waals surface area contributed by atoms with Crippen LogP contribution in [0.2, 0.25) is 0 Å². The number of carbonyl (C=O) groups excluding carboxylic acids is 2. The Morgan fingerprint density at radius 3 is 2.58 bits per heavy atom. The van der Waals surface area contributed by atoms with Gasteiger partial charge in [-0.05, 0) is 56.7 Å². The Balaban J connectivity index is 1.53. The summed E-state index contributed by atoms with van der Waals surface area (Å²) in [5, 5.41) is 2.78. The molecule has 3 heterocycles. The van der Waals surface area contributed by atoms with Gasteiger partial charge in [0.15, 0.2) is 0 Å². The summed E-state index contributed by atoms with van der Waals surface area (Å²) < 4.78 is 28.1. The lowest BCUT2D eigenvalue weighted by atomic mass is 10.1. The molecule has 160 valence electrons. The SMILES string of the molecule is Cc1nccn1-c1cc(CNC(=O)c2ccc3c(c2)S(=O)(=O)N(C(C)C)C3=O)ccn1. The summed E-state index contributed by atoms with van der Waals surface area (Å²) >= 11 is 0. The van der Waals surface area contributed by atoms with Gasteiger partial charge in [-0.2, -0.15) is 0 Å². The largest absolute Gasteiger partial charge is 0.348 e. The first-order chi connectivity index (χ1) is 14.7. The quantitative estimate of drug-likeness (QED) is 0.651. The van der Waals surface area contributed by atoms with E-state index < -0.39 is 27.9 Å². The van der Waals surface area contributed by atoms with Crippen LogP contribution in [0.1, 0.15) is 46.0 Å². The fourth-order valence-electron chi connectivity index (χ4n) is 3.51. The summed E-state index contributed by atoms with van der Waals surface area (Å²) in [5.74, 6) is 0.456. The standard InChI is InChI=1S/C21H21N5O4S/c1-13(2)26-21(28)17-5-4-16(11-18(17)31(26,29)30)20(27)24-12-15-6-7-23-19(10-15)25-9-8-22-14(25)3/h4-11,13H,12H2,1-3H3,(H,24,27). The lowest BCUT2D eigenvalue weighted by Gasteiger charge is -2.18. The molecule has 9 nitrogen and oxygen atoms in total. The van der Waals surface area contributed by atoms with E-state index in [0.717, 1.165) is 15.7 Å². The predicted octanol–water partition coefficient (Wildman–Crippen LogP) is 2.06. The van der Waals surface area contributed by atoms with Crippen LogP contribution in [-0.4, -0.2) is 45.1 Å². The number of rotatable bonds is 5. The van der Waals surface area contributed by atoms with Gasteiger partial charge < -0.3 is 5.32 Å². The maximum atomic E-state index is 12.7. The van der Waals surface area contributed by atoms with Gasteiger partial charge >= 0.3 is 0 Å². The van der Waals surface area contributed by atoms with Crippen molar-refractivity contribution in [2.45, 2.75) is 38.3 Å². The smallest absolute Gasteiger partial charge is 0.269 e. The van der Waals surface area contributed by atoms with Crippen LogP contribution in [0.4, 0.5) is 0 Å². The summed E-state index contributed by atoms with van der Waals surface area (Å²) in [6.07, 6.45) is 5.12. The van der Waals surface area contributed by atoms with Crippen molar-refractivity contribution in [3.05, 3.63) is 71.4 Å². The summed E-state index contributed by atoms with van der Waals surface area (Å²) in [6, 6.07) is 7.20. The number of imidazole rings is 1. The monoisotopic (exact) mass is 439 g/mol. The first-order valence-corrected chi connectivity index (χ1v) is 11.1. The summed E-state index contributed by atoms with van der Waals surface area (Å²) in [6.45, 7) is 5.35. The fraction of sp³-hybridized carbons (Fsp3) is 0.238. The van der Waals surface area contributed by atoms with Crippen LogP contribution in [0.25, 0.3) is 5.82 Å². The molecule has 10 heteroatoms. The number of pyridine rings is 1. The zero-order valence-electron chi connectivity index (χ0n) is 17.2. The highest BCUT2D eigenvalue weighted by atomic mass is 32.2. The number of hydrogen-bond acceptors (Lipinski definition) is 6. The van der Waals surface area contributed by atoms with Crippen molar-refractivity contribution in [1.82, 2.24) is 24.2 Å². The van der Waals surface area contributed by atoms with Gasteiger partial charge in [-0.15, -0.1) is 0 Å². The number of fused-ring (bicyclic) bond motifs is 1. The van der Waals surface area contributed by atoms with Gasteiger partial charge in [0.1, 0.15) is 16.5 Å². The van der Waals surface area contributed by atoms with Crippen molar-refractivity contribution in [2.24, 2.45) is 0 Å². The van der Waals surface area contributed by atoms with Crippen molar-refractivity contribution in [3.8, 4) is 5.82 Å². The van der Waals surface area contributed by atoms with Gasteiger partial charge in [0, 0.05) is 36.7 Å². The number of benzene rings is 1. The topological polar surface area (TPSA) is 114 Å². The average Bonchev–Trinajstić information content (AvgIpc) is 3.24. The number of carbonyl (C=O) groups is 2. The zero-order valence-corrected chi connectivity index (χ0v) is 18.0. The number of aryl methyl sites for hydroxylation is 1. The van der Waals surface area contributed by atoms with Crippen LogP contribution in [-0.2, 0) is 16.6 Å². The molecule has 2 amide bonds. The molecule has 0 aliphatic carbocycles. The second kappa shape index (κ2) is 7.62. The minimum atomic E-state index is -3.97. The predicted molar refractivity (Wildman–Crippen MR) is 112 cm³/mol. The van der Waals surface area contributed by atoms with Crippen LogP contribution in [0.3, 0.4) is 0 Å². The van der Waals surface area contributed by atoms with E-state index in [1.54, 1.807) is 38.5 Å². The molecular weight excluding hydrogens is 418 g/mol. The molecule has 3 aromatic rings. The van der Waals surface area contributed by atoms with Crippen molar-refractivity contribution < 1.29 is 18.0 Å². The molecule has 2 aromatic heterocycles. The number of aromatic nitrogens is 3. The van der Waals surface area contributed by atoms with E-state index in [9.17, 15) is 18.0 Å². The summed E-state index contributed by atoms with van der Waals surface area (Å²) in [4.78, 5) is 33.4. The Morgan fingerprint density at radius 2 is 1.90 bits per heavy atom. The number of nitrogens with one attached hydrogen (secondary N) is 1. The Bertz CT molecular complexity index is 1300. The van der Waals surface area contributed by atoms with Crippen LogP contribution in [0.5, 0.6) is 0 Å². The molecule has 1 aromatic carbocycles. The van der Waals surface area contributed by atoms with Gasteiger partial charge in [-0.3, -0.25) is 14.2 Å². The molecule has 4 rings (SSSR count). The van der Waals surface area contributed by atoms with Crippen LogP contribution in [0, 0.1) is 6.92 Å². The fourth-order valence-corrected chi connectivity index (χ4v) is 5.30. The van der Waals surface area contributed by atoms with Gasteiger partial charge in [-0.25, -0.2) is 22.7 Å². The number of amides is 2. The van der Waals surface area contributed by atoms with E-state index in [4.69, 9.17) is 0 Å². The minimum absolute atomic E-state index is 0.0831. The first kappa shape index (κ1) is 20.7. The van der Waals surface area contributed by atoms with Crippen LogP contribution < -0.4 is 5.32 Å². The van der Waals surface area contributed by atoms with E-state index in [2.05, 4.69) is 15.3 Å². The van der Waals surface area contributed by atoms with Crippen molar-refractivity contribution >= 4 is 21.8 Å². The number of sulfonamides is 1. The zero-order chi connectivity index (χ0) is 22.3. The van der Waals surface area contributed by atoms with Crippen molar-refractivity contribution in [2.75, 3.05) is 0 Å². The molecule has 0 bridgehead atoms. The highest BCUT2D eigenvalue weighted by Gasteiger charge is 2.42. The Labute approximate surface area is 179 Å². The lowest BCUT2D eigenvalue weighted by Crippen LogP contribution is -2.36. The Kier molecular flexibility index (Phi) is 5.10. The molecule has 0 unspecified atom stereocenters. The van der Waals surface area contributed by atoms with Gasteiger partial charge in [0.25, 0.3) is 21.8 Å². The molecule has 1 N–H and O–H groups in total. The van der Waals surface area contributed by atoms with Gasteiger partial charge in [0.05, 0.1) is 5.56 Å². The molecule has 0 atom stereocenters. The molecule has 1 aliphatic heterocycles. The maximum absolute atomic E-state index is 12.7. The molecule has 0 radical (unpaired) electrons. The minimum Gasteiger partial charge on any atom is -0.348 e. The Morgan fingerprint density at radius 1 is 1.13 bits per heavy atom. The summed E-state index contributed by atoms with van der Waals surface area (Å²) in [5.41, 5.74) is 1.07. The molecular formula is C21H21N5O4S. The molecule has 31 heavy (non-hydrogen) atoms. The molecule has 0 fully saturated rings. The second-order valence-corrected chi connectivity index (χ2v) is 9.24. The molecule has 0 spiro atoms. The van der Waals surface area contributed by atoms with Crippen LogP contribution in [0.15, 0.2) is 53.8 Å². The third-order valence-electron chi connectivity index (χ3n) is 5.02. The van der Waals surface area contributed by atoms with Crippen molar-refractivity contribution in [3.63, 3.8) is 0 Å². The van der Waals surface area contributed by atoms with Crippen LogP contribution >= 0.6 is 0 Å². The number of nitrogens with zero attached hydrogens (tertiary/aromatic N) is 4. The van der Waals surface area contributed by atoms with E-state index in [0.29, 0.717) is 5.82 Å². The molecule has 0 saturated carbocycles. The van der Waals surface area contributed by atoms with Gasteiger partial charge in [0.2, 0.25) is 0 Å². The molecule has 1 aliphatic rings. The van der Waals surface area contributed by atoms with E-state index >= 15 is 0 Å².